The Morgan fingerprint density at radius 3 is 2.37 bits per heavy atom. The standard InChI is InChI=1S/C21H21N3O3/c1-2-27-21(26)17(14-22)15-23-18-9-11-19(12-10-18)24-20(25)13-8-16-6-4-3-5-7-16/h3-7,9-12,15,23H,2,8,13H2,1H3,(H,24,25)/b17-15-. The van der Waals surface area contributed by atoms with Crippen LogP contribution in [0.3, 0.4) is 0 Å². The van der Waals surface area contributed by atoms with Crippen LogP contribution in [-0.2, 0) is 20.7 Å². The lowest BCUT2D eigenvalue weighted by atomic mass is 10.1. The number of rotatable bonds is 8. The lowest BCUT2D eigenvalue weighted by molar-refractivity contribution is -0.138. The Hall–Kier alpha value is -3.59. The van der Waals surface area contributed by atoms with Crippen LogP contribution in [0.4, 0.5) is 11.4 Å². The Bertz CT molecular complexity index is 837. The molecule has 2 rings (SSSR count). The molecule has 6 heteroatoms. The van der Waals surface area contributed by atoms with Gasteiger partial charge in [0.25, 0.3) is 0 Å². The molecular weight excluding hydrogens is 342 g/mol. The van der Waals surface area contributed by atoms with E-state index in [1.165, 1.54) is 6.20 Å². The van der Waals surface area contributed by atoms with E-state index in [0.29, 0.717) is 24.2 Å². The van der Waals surface area contributed by atoms with Gasteiger partial charge in [0, 0.05) is 24.0 Å². The molecule has 0 aliphatic heterocycles. The number of benzene rings is 2. The van der Waals surface area contributed by atoms with E-state index in [1.54, 1.807) is 37.3 Å². The molecule has 0 atom stereocenters. The summed E-state index contributed by atoms with van der Waals surface area (Å²) in [4.78, 5) is 23.6. The zero-order valence-corrected chi connectivity index (χ0v) is 15.1. The van der Waals surface area contributed by atoms with Crippen molar-refractivity contribution < 1.29 is 14.3 Å². The van der Waals surface area contributed by atoms with Gasteiger partial charge in [-0.25, -0.2) is 4.79 Å². The van der Waals surface area contributed by atoms with E-state index in [1.807, 2.05) is 30.3 Å². The second-order valence-electron chi connectivity index (χ2n) is 5.65. The van der Waals surface area contributed by atoms with Crippen LogP contribution >= 0.6 is 0 Å². The Labute approximate surface area is 158 Å². The molecule has 0 bridgehead atoms. The fourth-order valence-corrected chi connectivity index (χ4v) is 2.28. The number of amides is 1. The van der Waals surface area contributed by atoms with E-state index < -0.39 is 5.97 Å². The number of nitrogens with zero attached hydrogens (tertiary/aromatic N) is 1. The number of ether oxygens (including phenoxy) is 1. The summed E-state index contributed by atoms with van der Waals surface area (Å²) in [5, 5.41) is 14.7. The summed E-state index contributed by atoms with van der Waals surface area (Å²) in [6, 6.07) is 18.6. The topological polar surface area (TPSA) is 91.2 Å². The minimum atomic E-state index is -0.671. The molecule has 0 fully saturated rings. The molecule has 0 saturated carbocycles. The van der Waals surface area contributed by atoms with Crippen molar-refractivity contribution in [3.8, 4) is 6.07 Å². The number of hydrogen-bond donors (Lipinski definition) is 2. The van der Waals surface area contributed by atoms with Crippen molar-refractivity contribution in [1.82, 2.24) is 0 Å². The largest absolute Gasteiger partial charge is 0.462 e. The van der Waals surface area contributed by atoms with Gasteiger partial charge in [-0.3, -0.25) is 4.79 Å². The SMILES string of the molecule is CCOC(=O)/C(C#N)=C\Nc1ccc(NC(=O)CCc2ccccc2)cc1. The van der Waals surface area contributed by atoms with E-state index in [2.05, 4.69) is 10.6 Å². The second-order valence-corrected chi connectivity index (χ2v) is 5.65. The van der Waals surface area contributed by atoms with Crippen LogP contribution in [0.1, 0.15) is 18.9 Å². The summed E-state index contributed by atoms with van der Waals surface area (Å²) in [5.41, 5.74) is 2.35. The van der Waals surface area contributed by atoms with E-state index in [0.717, 1.165) is 5.56 Å². The minimum Gasteiger partial charge on any atom is -0.462 e. The first kappa shape index (κ1) is 19.7. The molecule has 2 aromatic rings. The van der Waals surface area contributed by atoms with Crippen LogP contribution in [0.5, 0.6) is 0 Å². The van der Waals surface area contributed by atoms with Crippen LogP contribution in [0, 0.1) is 11.3 Å². The lowest BCUT2D eigenvalue weighted by Crippen LogP contribution is -2.12. The van der Waals surface area contributed by atoms with E-state index in [9.17, 15) is 9.59 Å². The van der Waals surface area contributed by atoms with Crippen molar-refractivity contribution in [2.24, 2.45) is 0 Å². The number of nitriles is 1. The first-order chi connectivity index (χ1) is 13.1. The maximum atomic E-state index is 12.0. The van der Waals surface area contributed by atoms with Gasteiger partial charge >= 0.3 is 5.97 Å². The highest BCUT2D eigenvalue weighted by Crippen LogP contribution is 2.15. The highest BCUT2D eigenvalue weighted by atomic mass is 16.5. The summed E-state index contributed by atoms with van der Waals surface area (Å²) < 4.78 is 4.78. The maximum Gasteiger partial charge on any atom is 0.350 e. The van der Waals surface area contributed by atoms with Crippen molar-refractivity contribution >= 4 is 23.3 Å². The number of esters is 1. The molecule has 2 N–H and O–H groups in total. The van der Waals surface area contributed by atoms with Gasteiger partial charge in [-0.2, -0.15) is 5.26 Å². The monoisotopic (exact) mass is 363 g/mol. The average Bonchev–Trinajstić information content (AvgIpc) is 2.69. The fraction of sp³-hybridized carbons (Fsp3) is 0.190. The van der Waals surface area contributed by atoms with Gasteiger partial charge in [0.2, 0.25) is 5.91 Å². The predicted octanol–water partition coefficient (Wildman–Crippen LogP) is 3.64. The third-order valence-electron chi connectivity index (χ3n) is 3.65. The van der Waals surface area contributed by atoms with Gasteiger partial charge in [0.15, 0.2) is 5.57 Å². The highest BCUT2D eigenvalue weighted by Gasteiger charge is 2.09. The number of carbonyl (C=O) groups excluding carboxylic acids is 2. The average molecular weight is 363 g/mol. The maximum absolute atomic E-state index is 12.0. The first-order valence-electron chi connectivity index (χ1n) is 8.60. The van der Waals surface area contributed by atoms with Crippen LogP contribution in [0.25, 0.3) is 0 Å². The Morgan fingerprint density at radius 1 is 1.07 bits per heavy atom. The van der Waals surface area contributed by atoms with Gasteiger partial charge < -0.3 is 15.4 Å². The second kappa shape index (κ2) is 10.4. The van der Waals surface area contributed by atoms with Crippen LogP contribution in [-0.4, -0.2) is 18.5 Å². The van der Waals surface area contributed by atoms with E-state index >= 15 is 0 Å². The zero-order valence-electron chi connectivity index (χ0n) is 15.1. The third kappa shape index (κ3) is 6.67. The molecule has 0 spiro atoms. The third-order valence-corrected chi connectivity index (χ3v) is 3.65. The summed E-state index contributed by atoms with van der Waals surface area (Å²) >= 11 is 0. The number of carbonyl (C=O) groups is 2. The predicted molar refractivity (Wildman–Crippen MR) is 104 cm³/mol. The highest BCUT2D eigenvalue weighted by molar-refractivity contribution is 5.93. The first-order valence-corrected chi connectivity index (χ1v) is 8.60. The number of nitrogens with one attached hydrogen (secondary N) is 2. The molecule has 1 amide bonds. The van der Waals surface area contributed by atoms with Gasteiger partial charge in [-0.1, -0.05) is 30.3 Å². The van der Waals surface area contributed by atoms with Crippen LogP contribution in [0.15, 0.2) is 66.4 Å². The molecule has 27 heavy (non-hydrogen) atoms. The van der Waals surface area contributed by atoms with Gasteiger partial charge in [0.1, 0.15) is 6.07 Å². The van der Waals surface area contributed by atoms with Crippen LogP contribution in [0.2, 0.25) is 0 Å². The van der Waals surface area contributed by atoms with Crippen LogP contribution < -0.4 is 10.6 Å². The molecule has 138 valence electrons. The quantitative estimate of drug-likeness (QED) is 0.424. The summed E-state index contributed by atoms with van der Waals surface area (Å²) in [7, 11) is 0. The van der Waals surface area contributed by atoms with E-state index in [-0.39, 0.29) is 18.1 Å². The van der Waals surface area contributed by atoms with Crippen molar-refractivity contribution in [2.75, 3.05) is 17.2 Å². The molecular formula is C21H21N3O3. The van der Waals surface area contributed by atoms with Crippen molar-refractivity contribution in [2.45, 2.75) is 19.8 Å². The minimum absolute atomic E-state index is 0.0615. The summed E-state index contributed by atoms with van der Waals surface area (Å²) in [6.07, 6.45) is 2.38. The Balaban J connectivity index is 1.86. The normalized spacial score (nSPS) is 10.6. The van der Waals surface area contributed by atoms with Gasteiger partial charge in [-0.05, 0) is 43.2 Å². The zero-order chi connectivity index (χ0) is 19.5. The molecule has 0 aliphatic carbocycles. The van der Waals surface area contributed by atoms with Gasteiger partial charge in [-0.15, -0.1) is 0 Å². The molecule has 0 aromatic heterocycles. The van der Waals surface area contributed by atoms with Crippen molar-refractivity contribution in [1.29, 1.82) is 5.26 Å². The lowest BCUT2D eigenvalue weighted by Gasteiger charge is -2.07. The molecule has 2 aromatic carbocycles. The smallest absolute Gasteiger partial charge is 0.350 e. The summed E-state index contributed by atoms with van der Waals surface area (Å²) in [5.74, 6) is -0.733. The van der Waals surface area contributed by atoms with Crippen molar-refractivity contribution in [3.63, 3.8) is 0 Å². The Morgan fingerprint density at radius 2 is 1.74 bits per heavy atom. The molecule has 0 saturated heterocycles. The van der Waals surface area contributed by atoms with E-state index in [4.69, 9.17) is 10.00 Å². The number of anilines is 2. The molecule has 0 aliphatic rings. The number of hydrogen-bond acceptors (Lipinski definition) is 5. The molecule has 0 unspecified atom stereocenters. The summed E-state index contributed by atoms with van der Waals surface area (Å²) in [6.45, 7) is 1.88. The fourth-order valence-electron chi connectivity index (χ4n) is 2.28. The number of aryl methyl sites for hydroxylation is 1. The Kier molecular flexibility index (Phi) is 7.61. The van der Waals surface area contributed by atoms with Gasteiger partial charge in [0.05, 0.1) is 6.61 Å². The molecule has 6 nitrogen and oxygen atoms in total. The van der Waals surface area contributed by atoms with Crippen molar-refractivity contribution in [3.05, 3.63) is 71.9 Å². The molecule has 0 radical (unpaired) electrons. The molecule has 0 heterocycles.